The minimum atomic E-state index is -0.549. The predicted molar refractivity (Wildman–Crippen MR) is 66.7 cm³/mol. The second-order valence-electron chi connectivity index (χ2n) is 4.01. The zero-order chi connectivity index (χ0) is 10.7. The van der Waals surface area contributed by atoms with E-state index in [-0.39, 0.29) is 0 Å². The quantitative estimate of drug-likeness (QED) is 0.834. The number of nitrogens with one attached hydrogen (secondary N) is 1. The summed E-state index contributed by atoms with van der Waals surface area (Å²) in [5, 5.41) is 13.2. The summed E-state index contributed by atoms with van der Waals surface area (Å²) in [4.78, 5) is 8.26. The number of rotatable bonds is 3. The maximum atomic E-state index is 10.1. The molecule has 0 unspecified atom stereocenters. The van der Waals surface area contributed by atoms with Gasteiger partial charge in [0.1, 0.15) is 0 Å². The maximum Gasteiger partial charge on any atom is 0.222 e. The van der Waals surface area contributed by atoms with Gasteiger partial charge in [-0.05, 0) is 35.4 Å². The lowest BCUT2D eigenvalue weighted by Crippen LogP contribution is -2.33. The molecule has 0 atom stereocenters. The highest BCUT2D eigenvalue weighted by atomic mass is 127. The molecule has 0 saturated heterocycles. The third-order valence-corrected chi connectivity index (χ3v) is 3.29. The summed E-state index contributed by atoms with van der Waals surface area (Å²) in [5.41, 5.74) is -0.549. The van der Waals surface area contributed by atoms with Crippen LogP contribution >= 0.6 is 22.6 Å². The van der Waals surface area contributed by atoms with Gasteiger partial charge < -0.3 is 10.4 Å². The zero-order valence-electron chi connectivity index (χ0n) is 8.41. The molecule has 1 heterocycles. The Bertz CT molecular complexity index is 322. The Morgan fingerprint density at radius 3 is 2.53 bits per heavy atom. The molecular weight excluding hydrogens is 305 g/mol. The average Bonchev–Trinajstić information content (AvgIpc) is 2.65. The predicted octanol–water partition coefficient (Wildman–Crippen LogP) is 1.80. The average molecular weight is 319 g/mol. The van der Waals surface area contributed by atoms with Gasteiger partial charge in [0, 0.05) is 22.5 Å². The number of nitrogens with zero attached hydrogens (tertiary/aromatic N) is 2. The molecule has 1 fully saturated rings. The van der Waals surface area contributed by atoms with E-state index >= 15 is 0 Å². The van der Waals surface area contributed by atoms with E-state index in [1.54, 1.807) is 12.4 Å². The van der Waals surface area contributed by atoms with Crippen LogP contribution in [0.5, 0.6) is 0 Å². The van der Waals surface area contributed by atoms with E-state index in [4.69, 9.17) is 0 Å². The largest absolute Gasteiger partial charge is 0.388 e. The summed E-state index contributed by atoms with van der Waals surface area (Å²) in [5.74, 6) is 0.593. The number of hydrogen-bond donors (Lipinski definition) is 2. The Morgan fingerprint density at radius 2 is 1.93 bits per heavy atom. The first-order valence-electron chi connectivity index (χ1n) is 5.12. The van der Waals surface area contributed by atoms with Crippen molar-refractivity contribution in [1.29, 1.82) is 0 Å². The molecule has 0 radical (unpaired) electrons. The van der Waals surface area contributed by atoms with E-state index in [2.05, 4.69) is 37.9 Å². The van der Waals surface area contributed by atoms with Crippen molar-refractivity contribution in [3.8, 4) is 0 Å². The molecule has 0 aliphatic heterocycles. The molecule has 82 valence electrons. The number of aromatic nitrogens is 2. The minimum absolute atomic E-state index is 0.549. The van der Waals surface area contributed by atoms with Gasteiger partial charge in [-0.15, -0.1) is 0 Å². The Hall–Kier alpha value is -0.430. The molecule has 4 nitrogen and oxygen atoms in total. The molecule has 1 aliphatic carbocycles. The fourth-order valence-electron chi connectivity index (χ4n) is 1.86. The van der Waals surface area contributed by atoms with Gasteiger partial charge in [-0.3, -0.25) is 0 Å². The molecule has 2 N–H and O–H groups in total. The summed E-state index contributed by atoms with van der Waals surface area (Å²) in [6, 6.07) is 0. The van der Waals surface area contributed by atoms with Crippen LogP contribution in [0.1, 0.15) is 25.7 Å². The number of halogens is 1. The van der Waals surface area contributed by atoms with E-state index in [0.29, 0.717) is 12.5 Å². The SMILES string of the molecule is OC1(CNc2ncc(I)cn2)CCCC1. The lowest BCUT2D eigenvalue weighted by Gasteiger charge is -2.22. The van der Waals surface area contributed by atoms with Gasteiger partial charge in [0.05, 0.1) is 5.60 Å². The summed E-state index contributed by atoms with van der Waals surface area (Å²) in [6.07, 6.45) is 7.51. The number of hydrogen-bond acceptors (Lipinski definition) is 4. The first-order valence-corrected chi connectivity index (χ1v) is 6.20. The molecule has 1 aromatic rings. The van der Waals surface area contributed by atoms with Gasteiger partial charge >= 0.3 is 0 Å². The van der Waals surface area contributed by atoms with Crippen LogP contribution < -0.4 is 5.32 Å². The van der Waals surface area contributed by atoms with Crippen LogP contribution in [0.2, 0.25) is 0 Å². The van der Waals surface area contributed by atoms with Crippen molar-refractivity contribution in [2.24, 2.45) is 0 Å². The molecule has 2 rings (SSSR count). The molecular formula is C10H14IN3O. The summed E-state index contributed by atoms with van der Waals surface area (Å²) in [6.45, 7) is 0.549. The molecule has 1 aliphatic rings. The monoisotopic (exact) mass is 319 g/mol. The molecule has 5 heteroatoms. The van der Waals surface area contributed by atoms with Gasteiger partial charge in [-0.1, -0.05) is 12.8 Å². The topological polar surface area (TPSA) is 58.0 Å². The highest BCUT2D eigenvalue weighted by Crippen LogP contribution is 2.29. The lowest BCUT2D eigenvalue weighted by atomic mass is 10.0. The van der Waals surface area contributed by atoms with Gasteiger partial charge in [0.15, 0.2) is 0 Å². The first kappa shape index (κ1) is 11.1. The molecule has 1 aromatic heterocycles. The van der Waals surface area contributed by atoms with Gasteiger partial charge in [0.2, 0.25) is 5.95 Å². The summed E-state index contributed by atoms with van der Waals surface area (Å²) < 4.78 is 1.01. The third kappa shape index (κ3) is 3.01. The summed E-state index contributed by atoms with van der Waals surface area (Å²) >= 11 is 2.16. The third-order valence-electron chi connectivity index (χ3n) is 2.73. The molecule has 0 spiro atoms. The highest BCUT2D eigenvalue weighted by Gasteiger charge is 2.30. The first-order chi connectivity index (χ1) is 7.18. The second kappa shape index (κ2) is 4.61. The van der Waals surface area contributed by atoms with Crippen molar-refractivity contribution in [3.63, 3.8) is 0 Å². The highest BCUT2D eigenvalue weighted by molar-refractivity contribution is 14.1. The van der Waals surface area contributed by atoms with Crippen molar-refractivity contribution in [2.45, 2.75) is 31.3 Å². The van der Waals surface area contributed by atoms with Crippen LogP contribution in [-0.4, -0.2) is 27.2 Å². The number of aliphatic hydroxyl groups is 1. The molecule has 15 heavy (non-hydrogen) atoms. The molecule has 0 aromatic carbocycles. The second-order valence-corrected chi connectivity index (χ2v) is 5.26. The summed E-state index contributed by atoms with van der Waals surface area (Å²) in [7, 11) is 0. The Balaban J connectivity index is 1.90. The fraction of sp³-hybridized carbons (Fsp3) is 0.600. The van der Waals surface area contributed by atoms with Crippen molar-refractivity contribution in [2.75, 3.05) is 11.9 Å². The van der Waals surface area contributed by atoms with Gasteiger partial charge in [-0.2, -0.15) is 0 Å². The van der Waals surface area contributed by atoms with Gasteiger partial charge in [-0.25, -0.2) is 9.97 Å². The smallest absolute Gasteiger partial charge is 0.222 e. The maximum absolute atomic E-state index is 10.1. The van der Waals surface area contributed by atoms with Crippen molar-refractivity contribution >= 4 is 28.5 Å². The van der Waals surface area contributed by atoms with E-state index in [9.17, 15) is 5.11 Å². The molecule has 0 bridgehead atoms. The zero-order valence-corrected chi connectivity index (χ0v) is 10.6. The number of anilines is 1. The van der Waals surface area contributed by atoms with E-state index in [1.807, 2.05) is 0 Å². The lowest BCUT2D eigenvalue weighted by molar-refractivity contribution is 0.0613. The van der Waals surface area contributed by atoms with Crippen LogP contribution in [0.15, 0.2) is 12.4 Å². The molecule has 1 saturated carbocycles. The van der Waals surface area contributed by atoms with E-state index < -0.39 is 5.60 Å². The van der Waals surface area contributed by atoms with Crippen LogP contribution in [0.4, 0.5) is 5.95 Å². The Labute approximate surface area is 103 Å². The fourth-order valence-corrected chi connectivity index (χ4v) is 2.14. The van der Waals surface area contributed by atoms with Crippen LogP contribution in [-0.2, 0) is 0 Å². The van der Waals surface area contributed by atoms with E-state index in [1.165, 1.54) is 0 Å². The normalized spacial score (nSPS) is 19.1. The van der Waals surface area contributed by atoms with Crippen LogP contribution in [0, 0.1) is 3.57 Å². The standard InChI is InChI=1S/C10H14IN3O/c11-8-5-12-9(13-6-8)14-7-10(15)3-1-2-4-10/h5-6,15H,1-4,7H2,(H,12,13,14). The minimum Gasteiger partial charge on any atom is -0.388 e. The van der Waals surface area contributed by atoms with Gasteiger partial charge in [0.25, 0.3) is 0 Å². The Kier molecular flexibility index (Phi) is 3.40. The van der Waals surface area contributed by atoms with Crippen molar-refractivity contribution in [1.82, 2.24) is 9.97 Å². The van der Waals surface area contributed by atoms with Crippen molar-refractivity contribution in [3.05, 3.63) is 16.0 Å². The van der Waals surface area contributed by atoms with Crippen LogP contribution in [0.25, 0.3) is 0 Å². The molecule has 0 amide bonds. The van der Waals surface area contributed by atoms with Crippen LogP contribution in [0.3, 0.4) is 0 Å². The van der Waals surface area contributed by atoms with Crippen molar-refractivity contribution < 1.29 is 5.11 Å². The Morgan fingerprint density at radius 1 is 1.33 bits per heavy atom. The van der Waals surface area contributed by atoms with E-state index in [0.717, 1.165) is 29.3 Å².